The Morgan fingerprint density at radius 3 is 2.35 bits per heavy atom. The van der Waals surface area contributed by atoms with Gasteiger partial charge in [0.15, 0.2) is 0 Å². The van der Waals surface area contributed by atoms with E-state index in [-0.39, 0.29) is 11.8 Å². The first-order valence-electron chi connectivity index (χ1n) is 5.70. The summed E-state index contributed by atoms with van der Waals surface area (Å²) < 4.78 is 0. The van der Waals surface area contributed by atoms with Crippen LogP contribution < -0.4 is 5.73 Å². The summed E-state index contributed by atoms with van der Waals surface area (Å²) in [5.41, 5.74) is 4.32. The second-order valence-electron chi connectivity index (χ2n) is 4.62. The van der Waals surface area contributed by atoms with Gasteiger partial charge in [-0.3, -0.25) is 19.3 Å². The summed E-state index contributed by atoms with van der Waals surface area (Å²) in [6.45, 7) is 1.83. The van der Waals surface area contributed by atoms with Crippen LogP contribution in [0, 0.1) is 0 Å². The summed E-state index contributed by atoms with van der Waals surface area (Å²) in [6, 6.07) is 0. The van der Waals surface area contributed by atoms with Crippen molar-refractivity contribution in [1.29, 1.82) is 0 Å². The molecule has 1 unspecified atom stereocenters. The number of hydrogen-bond acceptors (Lipinski definition) is 4. The molecule has 0 spiro atoms. The van der Waals surface area contributed by atoms with Gasteiger partial charge in [0.1, 0.15) is 5.54 Å². The molecule has 96 valence electrons. The fourth-order valence-corrected chi connectivity index (χ4v) is 1.74. The molecule has 0 aromatic carbocycles. The summed E-state index contributed by atoms with van der Waals surface area (Å²) in [6.07, 6.45) is 2.09. The van der Waals surface area contributed by atoms with E-state index in [0.29, 0.717) is 38.6 Å². The highest BCUT2D eigenvalue weighted by Crippen LogP contribution is 2.15. The number of likely N-dealkylation sites (tertiary alicyclic amines) is 1. The molecule has 1 rings (SSSR count). The number of aliphatic carboxylic acids is 1. The third-order valence-corrected chi connectivity index (χ3v) is 2.97. The molecule has 3 N–H and O–H groups in total. The minimum atomic E-state index is -1.24. The van der Waals surface area contributed by atoms with Crippen molar-refractivity contribution < 1.29 is 19.5 Å². The zero-order valence-electron chi connectivity index (χ0n) is 9.94. The SMILES string of the molecule is CC(N)(CCCCN1C(=O)CCC1=O)C(=O)O. The molecule has 1 aliphatic heterocycles. The van der Waals surface area contributed by atoms with Crippen LogP contribution in [0.3, 0.4) is 0 Å². The summed E-state index contributed by atoms with van der Waals surface area (Å²) >= 11 is 0. The molecule has 1 atom stereocenters. The van der Waals surface area contributed by atoms with Gasteiger partial charge in [-0.15, -0.1) is 0 Å². The quantitative estimate of drug-likeness (QED) is 0.508. The fraction of sp³-hybridized carbons (Fsp3) is 0.727. The summed E-state index contributed by atoms with van der Waals surface area (Å²) in [7, 11) is 0. The molecule has 1 aliphatic rings. The zero-order chi connectivity index (χ0) is 13.1. The largest absolute Gasteiger partial charge is 0.480 e. The van der Waals surface area contributed by atoms with E-state index in [2.05, 4.69) is 0 Å². The highest BCUT2D eigenvalue weighted by Gasteiger charge is 2.29. The van der Waals surface area contributed by atoms with Gasteiger partial charge in [-0.1, -0.05) is 0 Å². The number of imide groups is 1. The van der Waals surface area contributed by atoms with E-state index in [1.807, 2.05) is 0 Å². The molecule has 0 bridgehead atoms. The van der Waals surface area contributed by atoms with E-state index >= 15 is 0 Å². The van der Waals surface area contributed by atoms with Crippen LogP contribution in [0.5, 0.6) is 0 Å². The van der Waals surface area contributed by atoms with Crippen molar-refractivity contribution >= 4 is 17.8 Å². The van der Waals surface area contributed by atoms with Crippen molar-refractivity contribution in [2.75, 3.05) is 6.54 Å². The molecule has 6 nitrogen and oxygen atoms in total. The van der Waals surface area contributed by atoms with Gasteiger partial charge >= 0.3 is 5.97 Å². The van der Waals surface area contributed by atoms with E-state index in [1.54, 1.807) is 0 Å². The monoisotopic (exact) mass is 242 g/mol. The number of carbonyl (C=O) groups is 3. The van der Waals surface area contributed by atoms with Crippen molar-refractivity contribution in [2.45, 2.75) is 44.6 Å². The number of rotatable bonds is 6. The lowest BCUT2D eigenvalue weighted by atomic mass is 9.96. The van der Waals surface area contributed by atoms with E-state index in [4.69, 9.17) is 10.8 Å². The van der Waals surface area contributed by atoms with E-state index in [0.717, 1.165) is 0 Å². The number of hydrogen-bond donors (Lipinski definition) is 2. The summed E-state index contributed by atoms with van der Waals surface area (Å²) in [4.78, 5) is 34.5. The zero-order valence-corrected chi connectivity index (χ0v) is 9.94. The maximum absolute atomic E-state index is 11.3. The van der Waals surface area contributed by atoms with Crippen molar-refractivity contribution in [3.05, 3.63) is 0 Å². The number of amides is 2. The van der Waals surface area contributed by atoms with Gasteiger partial charge in [-0.2, -0.15) is 0 Å². The maximum atomic E-state index is 11.3. The Morgan fingerprint density at radius 1 is 1.35 bits per heavy atom. The smallest absolute Gasteiger partial charge is 0.323 e. The van der Waals surface area contributed by atoms with E-state index in [9.17, 15) is 14.4 Å². The van der Waals surface area contributed by atoms with Gasteiger partial charge in [0.25, 0.3) is 0 Å². The second-order valence-corrected chi connectivity index (χ2v) is 4.62. The maximum Gasteiger partial charge on any atom is 0.323 e. The van der Waals surface area contributed by atoms with Crippen LogP contribution in [0.2, 0.25) is 0 Å². The summed E-state index contributed by atoms with van der Waals surface area (Å²) in [5.74, 6) is -1.31. The van der Waals surface area contributed by atoms with Crippen molar-refractivity contribution in [1.82, 2.24) is 4.90 Å². The van der Waals surface area contributed by atoms with Crippen LogP contribution in [-0.2, 0) is 14.4 Å². The second kappa shape index (κ2) is 5.27. The highest BCUT2D eigenvalue weighted by atomic mass is 16.4. The molecule has 1 heterocycles. The Balaban J connectivity index is 2.27. The molecular weight excluding hydrogens is 224 g/mol. The fourth-order valence-electron chi connectivity index (χ4n) is 1.74. The van der Waals surface area contributed by atoms with Gasteiger partial charge in [-0.05, 0) is 26.2 Å². The molecule has 1 saturated heterocycles. The Morgan fingerprint density at radius 2 is 1.88 bits per heavy atom. The van der Waals surface area contributed by atoms with E-state index in [1.165, 1.54) is 11.8 Å². The molecule has 0 saturated carbocycles. The van der Waals surface area contributed by atoms with Crippen LogP contribution in [0.1, 0.15) is 39.0 Å². The average molecular weight is 242 g/mol. The van der Waals surface area contributed by atoms with Crippen LogP contribution in [0.25, 0.3) is 0 Å². The van der Waals surface area contributed by atoms with Crippen molar-refractivity contribution in [3.63, 3.8) is 0 Å². The molecule has 17 heavy (non-hydrogen) atoms. The summed E-state index contributed by atoms with van der Waals surface area (Å²) in [5, 5.41) is 8.79. The van der Waals surface area contributed by atoms with Gasteiger partial charge < -0.3 is 10.8 Å². The normalized spacial score (nSPS) is 19.5. The average Bonchev–Trinajstić information content (AvgIpc) is 2.54. The predicted molar refractivity (Wildman–Crippen MR) is 60.0 cm³/mol. The first-order chi connectivity index (χ1) is 7.84. The van der Waals surface area contributed by atoms with E-state index < -0.39 is 11.5 Å². The number of nitrogens with zero attached hydrogens (tertiary/aromatic N) is 1. The van der Waals surface area contributed by atoms with Crippen molar-refractivity contribution in [3.8, 4) is 0 Å². The Labute approximate surface area is 99.8 Å². The minimum absolute atomic E-state index is 0.135. The lowest BCUT2D eigenvalue weighted by molar-refractivity contribution is -0.143. The molecule has 0 aromatic rings. The van der Waals surface area contributed by atoms with Gasteiger partial charge in [0.05, 0.1) is 0 Å². The Bertz CT molecular complexity index is 322. The first-order valence-corrected chi connectivity index (χ1v) is 5.70. The van der Waals surface area contributed by atoms with Crippen LogP contribution in [0.15, 0.2) is 0 Å². The third-order valence-electron chi connectivity index (χ3n) is 2.97. The number of unbranched alkanes of at least 4 members (excludes halogenated alkanes) is 1. The Kier molecular flexibility index (Phi) is 4.22. The van der Waals surface area contributed by atoms with Crippen LogP contribution in [-0.4, -0.2) is 39.9 Å². The number of carboxylic acid groups (broad SMARTS) is 1. The molecule has 0 radical (unpaired) electrons. The predicted octanol–water partition coefficient (Wildman–Crippen LogP) is 0.108. The molecule has 6 heteroatoms. The lowest BCUT2D eigenvalue weighted by Gasteiger charge is -2.19. The molecule has 0 aliphatic carbocycles. The van der Waals surface area contributed by atoms with Crippen LogP contribution >= 0.6 is 0 Å². The van der Waals surface area contributed by atoms with Gasteiger partial charge in [0, 0.05) is 19.4 Å². The topological polar surface area (TPSA) is 101 Å². The Hall–Kier alpha value is -1.43. The number of nitrogens with two attached hydrogens (primary N) is 1. The molecule has 2 amide bonds. The molecule has 0 aromatic heterocycles. The first kappa shape index (κ1) is 13.6. The standard InChI is InChI=1S/C11H18N2O4/c1-11(12,10(16)17)6-2-3-7-13-8(14)4-5-9(13)15/h2-7,12H2,1H3,(H,16,17). The lowest BCUT2D eigenvalue weighted by Crippen LogP contribution is -2.44. The number of carbonyl (C=O) groups excluding carboxylic acids is 2. The van der Waals surface area contributed by atoms with Gasteiger partial charge in [-0.25, -0.2) is 0 Å². The molecule has 1 fully saturated rings. The highest BCUT2D eigenvalue weighted by molar-refractivity contribution is 6.01. The third kappa shape index (κ3) is 3.52. The van der Waals surface area contributed by atoms with Crippen LogP contribution in [0.4, 0.5) is 0 Å². The minimum Gasteiger partial charge on any atom is -0.480 e. The van der Waals surface area contributed by atoms with Crippen molar-refractivity contribution in [2.24, 2.45) is 5.73 Å². The van der Waals surface area contributed by atoms with Gasteiger partial charge in [0.2, 0.25) is 11.8 Å². The number of carboxylic acids is 1. The molecular formula is C11H18N2O4.